The molecule has 0 aromatic heterocycles. The molecule has 5 aromatic carbocycles. The Bertz CT molecular complexity index is 1360. The van der Waals surface area contributed by atoms with Gasteiger partial charge in [-0.3, -0.25) is 0 Å². The van der Waals surface area contributed by atoms with Crippen molar-refractivity contribution in [2.45, 2.75) is 12.0 Å². The number of halogens is 2. The molecule has 37 heavy (non-hydrogen) atoms. The van der Waals surface area contributed by atoms with Crippen LogP contribution < -0.4 is 15.9 Å². The quantitative estimate of drug-likeness (QED) is 0.204. The third-order valence-electron chi connectivity index (χ3n) is 7.78. The summed E-state index contributed by atoms with van der Waals surface area (Å²) >= 11 is 12.7. The van der Waals surface area contributed by atoms with E-state index in [0.717, 1.165) is 23.7 Å². The van der Waals surface area contributed by atoms with Gasteiger partial charge in [0, 0.05) is 0 Å². The van der Waals surface area contributed by atoms with Crippen molar-refractivity contribution in [3.05, 3.63) is 161 Å². The van der Waals surface area contributed by atoms with Crippen LogP contribution in [-0.2, 0) is 10.1 Å². The van der Waals surface area contributed by atoms with Crippen LogP contribution in [0, 0.1) is 0 Å². The Balaban J connectivity index is 1.73. The third kappa shape index (κ3) is 3.77. The first-order valence-electron chi connectivity index (χ1n) is 12.5. The predicted molar refractivity (Wildman–Crippen MR) is 159 cm³/mol. The zero-order valence-electron chi connectivity index (χ0n) is 20.3. The van der Waals surface area contributed by atoms with Gasteiger partial charge in [0.05, 0.1) is 0 Å². The van der Waals surface area contributed by atoms with E-state index in [2.05, 4.69) is 115 Å². The van der Waals surface area contributed by atoms with Gasteiger partial charge in [0.15, 0.2) is 0 Å². The van der Waals surface area contributed by atoms with Gasteiger partial charge in [0.2, 0.25) is 0 Å². The molecule has 1 fully saturated rings. The van der Waals surface area contributed by atoms with Crippen molar-refractivity contribution >= 4 is 45.9 Å². The van der Waals surface area contributed by atoms with Gasteiger partial charge < -0.3 is 0 Å². The Kier molecular flexibility index (Phi) is 6.22. The van der Waals surface area contributed by atoms with E-state index in [-0.39, 0.29) is 0 Å². The molecule has 0 amide bonds. The first-order valence-corrected chi connectivity index (χ1v) is 15.6. The van der Waals surface area contributed by atoms with E-state index in [0.29, 0.717) is 10.0 Å². The van der Waals surface area contributed by atoms with Gasteiger partial charge in [0.1, 0.15) is 0 Å². The average Bonchev–Trinajstić information content (AvgIpc) is 3.36. The average molecular weight is 541 g/mol. The zero-order valence-corrected chi connectivity index (χ0v) is 22.7. The van der Waals surface area contributed by atoms with Crippen molar-refractivity contribution in [2.24, 2.45) is 0 Å². The normalized spacial score (nSPS) is 18.5. The molecule has 0 radical (unpaired) electrons. The fraction of sp³-hybridized carbons (Fsp3) is 0.0909. The molecule has 4 heteroatoms. The van der Waals surface area contributed by atoms with Crippen LogP contribution in [0.5, 0.6) is 0 Å². The van der Waals surface area contributed by atoms with E-state index >= 15 is 0 Å². The van der Waals surface area contributed by atoms with Crippen LogP contribution in [0.15, 0.2) is 140 Å². The van der Waals surface area contributed by atoms with Gasteiger partial charge in [0.25, 0.3) is 0 Å². The van der Waals surface area contributed by atoms with Crippen molar-refractivity contribution in [2.75, 3.05) is 6.16 Å². The van der Waals surface area contributed by atoms with Gasteiger partial charge in [-0.2, -0.15) is 0 Å². The van der Waals surface area contributed by atoms with Gasteiger partial charge in [-0.1, -0.05) is 0 Å². The van der Waals surface area contributed by atoms with E-state index in [4.69, 9.17) is 27.7 Å². The molecule has 184 valence electrons. The van der Waals surface area contributed by atoms with E-state index in [1.807, 2.05) is 24.3 Å². The molecule has 1 nitrogen and oxygen atoms in total. The summed E-state index contributed by atoms with van der Waals surface area (Å²) in [6.07, 6.45) is 1.68. The Morgan fingerprint density at radius 2 is 0.838 bits per heavy atom. The monoisotopic (exact) mass is 540 g/mol. The van der Waals surface area contributed by atoms with E-state index < -0.39 is 12.4 Å². The van der Waals surface area contributed by atoms with E-state index in [1.54, 1.807) is 0 Å². The first kappa shape index (κ1) is 24.4. The second-order valence-corrected chi connectivity index (χ2v) is 15.1. The Labute approximate surface area is 228 Å². The molecule has 0 aliphatic carbocycles. The number of hydrogen-bond acceptors (Lipinski definition) is 1. The molecule has 0 saturated carbocycles. The molecule has 1 aliphatic rings. The minimum absolute atomic E-state index is 0.686. The van der Waals surface area contributed by atoms with Crippen LogP contribution in [0.25, 0.3) is 0 Å². The molecule has 1 saturated heterocycles. The molecule has 6 rings (SSSR count). The van der Waals surface area contributed by atoms with Crippen LogP contribution in [0.3, 0.4) is 0 Å². The summed E-state index contributed by atoms with van der Waals surface area (Å²) in [5.74, 6) is 0. The van der Waals surface area contributed by atoms with Crippen LogP contribution in [0.2, 0.25) is 10.0 Å². The van der Waals surface area contributed by atoms with Crippen LogP contribution in [-0.4, -0.2) is 6.16 Å². The number of rotatable bonds is 5. The maximum absolute atomic E-state index is 7.98. The molecule has 1 heterocycles. The Morgan fingerprint density at radius 3 is 1.19 bits per heavy atom. The standard InChI is InChI=1S/C33H27Cl2OP/c34-28-20-16-26(17-21-28)33(27-18-22-29(35)23-19-27)24-25-37(36-33,30-10-4-1-5-11-30,31-12-6-2-7-13-31)32-14-8-3-9-15-32/h1-23H,24-25H2. The Hall–Kier alpha value is -2.93. The molecular weight excluding hydrogens is 514 g/mol. The van der Waals surface area contributed by atoms with Crippen molar-refractivity contribution in [1.82, 2.24) is 0 Å². The van der Waals surface area contributed by atoms with Crippen LogP contribution in [0.4, 0.5) is 0 Å². The summed E-state index contributed by atoms with van der Waals surface area (Å²) in [5.41, 5.74) is 1.50. The zero-order chi connectivity index (χ0) is 25.4. The van der Waals surface area contributed by atoms with Gasteiger partial charge in [-0.15, -0.1) is 0 Å². The second kappa shape index (κ2) is 9.43. The third-order valence-corrected chi connectivity index (χ3v) is 14.2. The summed E-state index contributed by atoms with van der Waals surface area (Å²) in [6.45, 7) is -3.43. The first-order chi connectivity index (χ1) is 18.1. The van der Waals surface area contributed by atoms with Gasteiger partial charge in [-0.25, -0.2) is 0 Å². The number of benzene rings is 5. The SMILES string of the molecule is Clc1ccc(C2(c3ccc(Cl)cc3)CCP(c3ccccc3)(c3ccccc3)(c3ccccc3)O2)cc1. The van der Waals surface area contributed by atoms with Gasteiger partial charge in [-0.05, 0) is 0 Å². The van der Waals surface area contributed by atoms with Crippen molar-refractivity contribution in [3.63, 3.8) is 0 Å². The molecule has 0 atom stereocenters. The number of hydrogen-bond donors (Lipinski definition) is 0. The summed E-state index contributed by atoms with van der Waals surface area (Å²) in [4.78, 5) is 0. The van der Waals surface area contributed by atoms with Gasteiger partial charge >= 0.3 is 229 Å². The van der Waals surface area contributed by atoms with Crippen molar-refractivity contribution in [3.8, 4) is 0 Å². The molecule has 5 aromatic rings. The molecule has 1 aliphatic heterocycles. The topological polar surface area (TPSA) is 9.23 Å². The van der Waals surface area contributed by atoms with Crippen molar-refractivity contribution in [1.29, 1.82) is 0 Å². The summed E-state index contributed by atoms with van der Waals surface area (Å²) < 4.78 is 7.98. The van der Waals surface area contributed by atoms with Crippen LogP contribution >= 0.6 is 30.0 Å². The molecule has 0 N–H and O–H groups in total. The summed E-state index contributed by atoms with van der Waals surface area (Å²) in [7, 11) is 0. The Morgan fingerprint density at radius 1 is 0.486 bits per heavy atom. The van der Waals surface area contributed by atoms with Crippen molar-refractivity contribution < 1.29 is 4.52 Å². The maximum atomic E-state index is 7.98. The predicted octanol–water partition coefficient (Wildman–Crippen LogP) is 8.10. The summed E-state index contributed by atoms with van der Waals surface area (Å²) in [6, 6.07) is 48.7. The molecule has 0 bridgehead atoms. The van der Waals surface area contributed by atoms with Crippen LogP contribution in [0.1, 0.15) is 17.5 Å². The van der Waals surface area contributed by atoms with E-state index in [1.165, 1.54) is 15.9 Å². The molecular formula is C33H27Cl2OP. The fourth-order valence-electron chi connectivity index (χ4n) is 6.03. The molecule has 0 spiro atoms. The van der Waals surface area contributed by atoms with E-state index in [9.17, 15) is 0 Å². The second-order valence-electron chi connectivity index (χ2n) is 9.63. The summed E-state index contributed by atoms with van der Waals surface area (Å²) in [5, 5.41) is 5.11. The molecule has 0 unspecified atom stereocenters. The fourth-order valence-corrected chi connectivity index (χ4v) is 12.5. The minimum atomic E-state index is -3.43.